The molecule has 0 saturated carbocycles. The molecule has 0 aliphatic carbocycles. The normalized spacial score (nSPS) is 10.7. The van der Waals surface area contributed by atoms with Gasteiger partial charge in [-0.2, -0.15) is 0 Å². The number of halogens is 2. The van der Waals surface area contributed by atoms with Crippen molar-refractivity contribution in [2.45, 2.75) is 6.42 Å². The first kappa shape index (κ1) is 15.4. The summed E-state index contributed by atoms with van der Waals surface area (Å²) in [5.74, 6) is -0.437. The SMILES string of the molecule is O=C(NCCc1cccc(F)c1)c1ccc2nc(Cl)ccc2c1. The van der Waals surface area contributed by atoms with E-state index in [-0.39, 0.29) is 11.7 Å². The second kappa shape index (κ2) is 6.75. The third-order valence-electron chi connectivity index (χ3n) is 3.51. The zero-order chi connectivity index (χ0) is 16.2. The number of benzene rings is 2. The summed E-state index contributed by atoms with van der Waals surface area (Å²) in [6, 6.07) is 15.1. The maximum absolute atomic E-state index is 13.1. The maximum atomic E-state index is 13.1. The van der Waals surface area contributed by atoms with Crippen LogP contribution < -0.4 is 5.32 Å². The van der Waals surface area contributed by atoms with Crippen LogP contribution in [0.3, 0.4) is 0 Å². The van der Waals surface area contributed by atoms with Crippen LogP contribution in [0.4, 0.5) is 4.39 Å². The van der Waals surface area contributed by atoms with Crippen molar-refractivity contribution in [1.29, 1.82) is 0 Å². The van der Waals surface area contributed by atoms with Crippen LogP contribution in [0.1, 0.15) is 15.9 Å². The van der Waals surface area contributed by atoms with E-state index in [0.29, 0.717) is 23.7 Å². The van der Waals surface area contributed by atoms with Gasteiger partial charge in [0.15, 0.2) is 0 Å². The smallest absolute Gasteiger partial charge is 0.251 e. The van der Waals surface area contributed by atoms with Gasteiger partial charge in [0, 0.05) is 17.5 Å². The lowest BCUT2D eigenvalue weighted by Crippen LogP contribution is -2.25. The molecule has 116 valence electrons. The zero-order valence-corrected chi connectivity index (χ0v) is 13.0. The first-order valence-corrected chi connectivity index (χ1v) is 7.58. The van der Waals surface area contributed by atoms with Gasteiger partial charge in [-0.3, -0.25) is 4.79 Å². The monoisotopic (exact) mass is 328 g/mol. The van der Waals surface area contributed by atoms with Crippen molar-refractivity contribution in [3.63, 3.8) is 0 Å². The summed E-state index contributed by atoms with van der Waals surface area (Å²) in [4.78, 5) is 16.4. The predicted octanol–water partition coefficient (Wildman–Crippen LogP) is 4.00. The summed E-state index contributed by atoms with van der Waals surface area (Å²) in [5, 5.41) is 4.11. The van der Waals surface area contributed by atoms with E-state index in [1.165, 1.54) is 12.1 Å². The molecule has 5 heteroatoms. The minimum atomic E-state index is -0.269. The molecule has 1 amide bonds. The van der Waals surface area contributed by atoms with Gasteiger partial charge >= 0.3 is 0 Å². The third-order valence-corrected chi connectivity index (χ3v) is 3.72. The van der Waals surface area contributed by atoms with E-state index >= 15 is 0 Å². The van der Waals surface area contributed by atoms with Gasteiger partial charge in [-0.25, -0.2) is 9.37 Å². The summed E-state index contributed by atoms with van der Waals surface area (Å²) in [6.45, 7) is 0.444. The summed E-state index contributed by atoms with van der Waals surface area (Å²) in [5.41, 5.74) is 2.15. The van der Waals surface area contributed by atoms with Crippen molar-refractivity contribution in [3.8, 4) is 0 Å². The number of amides is 1. The van der Waals surface area contributed by atoms with Crippen LogP contribution in [0.5, 0.6) is 0 Å². The summed E-state index contributed by atoms with van der Waals surface area (Å²) >= 11 is 5.84. The van der Waals surface area contributed by atoms with Crippen LogP contribution in [-0.4, -0.2) is 17.4 Å². The van der Waals surface area contributed by atoms with E-state index in [9.17, 15) is 9.18 Å². The number of rotatable bonds is 4. The summed E-state index contributed by atoms with van der Waals surface area (Å²) in [6.07, 6.45) is 0.578. The highest BCUT2D eigenvalue weighted by molar-refractivity contribution is 6.29. The fraction of sp³-hybridized carbons (Fsp3) is 0.111. The maximum Gasteiger partial charge on any atom is 0.251 e. The fourth-order valence-electron chi connectivity index (χ4n) is 2.36. The average Bonchev–Trinajstić information content (AvgIpc) is 2.54. The molecule has 0 unspecified atom stereocenters. The topological polar surface area (TPSA) is 42.0 Å². The van der Waals surface area contributed by atoms with Gasteiger partial charge in [-0.15, -0.1) is 0 Å². The van der Waals surface area contributed by atoms with Gasteiger partial charge in [-0.05, 0) is 54.4 Å². The van der Waals surface area contributed by atoms with Crippen LogP contribution in [0.2, 0.25) is 5.15 Å². The number of hydrogen-bond acceptors (Lipinski definition) is 2. The molecule has 1 heterocycles. The quantitative estimate of drug-likeness (QED) is 0.735. The lowest BCUT2D eigenvalue weighted by molar-refractivity contribution is 0.0954. The van der Waals surface area contributed by atoms with Crippen molar-refractivity contribution < 1.29 is 9.18 Å². The van der Waals surface area contributed by atoms with E-state index < -0.39 is 0 Å². The number of carbonyl (C=O) groups is 1. The van der Waals surface area contributed by atoms with Crippen LogP contribution in [0.15, 0.2) is 54.6 Å². The van der Waals surface area contributed by atoms with Gasteiger partial charge < -0.3 is 5.32 Å². The molecule has 0 saturated heterocycles. The largest absolute Gasteiger partial charge is 0.352 e. The Hall–Kier alpha value is -2.46. The summed E-state index contributed by atoms with van der Waals surface area (Å²) < 4.78 is 13.1. The highest BCUT2D eigenvalue weighted by Gasteiger charge is 2.07. The van der Waals surface area contributed by atoms with Gasteiger partial charge in [0.25, 0.3) is 5.91 Å². The lowest BCUT2D eigenvalue weighted by Gasteiger charge is -2.07. The van der Waals surface area contributed by atoms with E-state index in [2.05, 4.69) is 10.3 Å². The molecule has 0 aliphatic rings. The molecule has 0 fully saturated rings. The standard InChI is InChI=1S/C18H14ClFN2O/c19-17-7-5-13-11-14(4-6-16(13)22-17)18(23)21-9-8-12-2-1-3-15(20)10-12/h1-7,10-11H,8-9H2,(H,21,23). The van der Waals surface area contributed by atoms with E-state index in [0.717, 1.165) is 16.5 Å². The molecule has 1 N–H and O–H groups in total. The van der Waals surface area contributed by atoms with Crippen molar-refractivity contribution in [2.75, 3.05) is 6.54 Å². The number of nitrogens with one attached hydrogen (secondary N) is 1. The molecule has 3 aromatic rings. The Balaban J connectivity index is 1.65. The molecule has 3 rings (SSSR count). The second-order valence-corrected chi connectivity index (χ2v) is 5.56. The fourth-order valence-corrected chi connectivity index (χ4v) is 2.51. The number of pyridine rings is 1. The van der Waals surface area contributed by atoms with Crippen molar-refractivity contribution in [3.05, 3.63) is 76.7 Å². The number of fused-ring (bicyclic) bond motifs is 1. The molecule has 1 aromatic heterocycles. The van der Waals surface area contributed by atoms with Crippen molar-refractivity contribution >= 4 is 28.4 Å². The molecular formula is C18H14ClFN2O. The Labute approximate surface area is 138 Å². The number of carbonyl (C=O) groups excluding carboxylic acids is 1. The highest BCUT2D eigenvalue weighted by Crippen LogP contribution is 2.17. The van der Waals surface area contributed by atoms with E-state index in [1.807, 2.05) is 12.1 Å². The summed E-state index contributed by atoms with van der Waals surface area (Å²) in [7, 11) is 0. The minimum absolute atomic E-state index is 0.168. The number of hydrogen-bond donors (Lipinski definition) is 1. The van der Waals surface area contributed by atoms with Crippen LogP contribution in [0.25, 0.3) is 10.9 Å². The van der Waals surface area contributed by atoms with Crippen LogP contribution in [-0.2, 0) is 6.42 Å². The molecular weight excluding hydrogens is 315 g/mol. The minimum Gasteiger partial charge on any atom is -0.352 e. The number of aromatic nitrogens is 1. The van der Waals surface area contributed by atoms with Gasteiger partial charge in [0.2, 0.25) is 0 Å². The van der Waals surface area contributed by atoms with E-state index in [1.54, 1.807) is 30.3 Å². The molecule has 0 atom stereocenters. The Bertz CT molecular complexity index is 867. The number of nitrogens with zero attached hydrogens (tertiary/aromatic N) is 1. The molecule has 0 radical (unpaired) electrons. The zero-order valence-electron chi connectivity index (χ0n) is 12.2. The van der Waals surface area contributed by atoms with Gasteiger partial charge in [0.05, 0.1) is 5.52 Å². The van der Waals surface area contributed by atoms with Gasteiger partial charge in [-0.1, -0.05) is 23.7 Å². The molecule has 0 bridgehead atoms. The Kier molecular flexibility index (Phi) is 4.53. The molecule has 23 heavy (non-hydrogen) atoms. The Morgan fingerprint density at radius 2 is 2.00 bits per heavy atom. The van der Waals surface area contributed by atoms with E-state index in [4.69, 9.17) is 11.6 Å². The first-order chi connectivity index (χ1) is 11.1. The predicted molar refractivity (Wildman–Crippen MR) is 89.2 cm³/mol. The Morgan fingerprint density at radius 3 is 2.83 bits per heavy atom. The molecule has 0 spiro atoms. The highest BCUT2D eigenvalue weighted by atomic mass is 35.5. The van der Waals surface area contributed by atoms with Crippen molar-refractivity contribution in [2.24, 2.45) is 0 Å². The molecule has 0 aliphatic heterocycles. The molecule has 2 aromatic carbocycles. The molecule has 3 nitrogen and oxygen atoms in total. The van der Waals surface area contributed by atoms with Crippen LogP contribution in [0, 0.1) is 5.82 Å². The lowest BCUT2D eigenvalue weighted by atomic mass is 10.1. The third kappa shape index (κ3) is 3.85. The van der Waals surface area contributed by atoms with Crippen LogP contribution >= 0.6 is 11.6 Å². The van der Waals surface area contributed by atoms with Gasteiger partial charge in [0.1, 0.15) is 11.0 Å². The average molecular weight is 329 g/mol. The Morgan fingerprint density at radius 1 is 1.13 bits per heavy atom. The van der Waals surface area contributed by atoms with Crippen molar-refractivity contribution in [1.82, 2.24) is 10.3 Å². The second-order valence-electron chi connectivity index (χ2n) is 5.18. The first-order valence-electron chi connectivity index (χ1n) is 7.21.